The first-order valence-electron chi connectivity index (χ1n) is 12.0. The number of amides is 3. The molecule has 2 heterocycles. The van der Waals surface area contributed by atoms with Gasteiger partial charge in [0.15, 0.2) is 17.3 Å². The third-order valence-corrected chi connectivity index (χ3v) is 6.36. The van der Waals surface area contributed by atoms with Gasteiger partial charge >= 0.3 is 6.09 Å². The van der Waals surface area contributed by atoms with Crippen LogP contribution in [0.15, 0.2) is 12.1 Å². The van der Waals surface area contributed by atoms with Gasteiger partial charge in [-0.05, 0) is 59.1 Å². The topological polar surface area (TPSA) is 79.0 Å². The Kier molecular flexibility index (Phi) is 7.90. The number of fused-ring (bicyclic) bond motifs is 1. The summed E-state index contributed by atoms with van der Waals surface area (Å²) in [4.78, 5) is 41.0. The number of halogens is 4. The van der Waals surface area contributed by atoms with E-state index in [1.165, 1.54) is 18.7 Å². The molecular weight excluding hydrogens is 482 g/mol. The number of hydrogen-bond donors (Lipinski definition) is 1. The highest BCUT2D eigenvalue weighted by atomic mass is 19.2. The van der Waals surface area contributed by atoms with Crippen LogP contribution in [-0.4, -0.2) is 70.7 Å². The number of hydrogen-bond acceptors (Lipinski definition) is 4. The molecule has 0 spiro atoms. The molecule has 1 N–H and O–H groups in total. The van der Waals surface area contributed by atoms with E-state index in [1.807, 2.05) is 0 Å². The first kappa shape index (κ1) is 27.7. The summed E-state index contributed by atoms with van der Waals surface area (Å²) in [5.41, 5.74) is -3.06. The first-order valence-corrected chi connectivity index (χ1v) is 12.0. The predicted octanol–water partition coefficient (Wildman–Crippen LogP) is 3.74. The van der Waals surface area contributed by atoms with Crippen molar-refractivity contribution in [3.63, 3.8) is 0 Å². The van der Waals surface area contributed by atoms with E-state index < -0.39 is 46.8 Å². The number of nitrogens with zero attached hydrogens (tertiary/aromatic N) is 2. The minimum Gasteiger partial charge on any atom is -0.444 e. The summed E-state index contributed by atoms with van der Waals surface area (Å²) in [5.74, 6) is -4.59. The minimum atomic E-state index is -2.02. The Bertz CT molecular complexity index is 1020. The lowest BCUT2D eigenvalue weighted by Gasteiger charge is -2.29. The van der Waals surface area contributed by atoms with Crippen LogP contribution in [0.4, 0.5) is 22.4 Å². The Morgan fingerprint density at radius 3 is 2.31 bits per heavy atom. The molecule has 0 saturated carbocycles. The maximum absolute atomic E-state index is 14.3. The summed E-state index contributed by atoms with van der Waals surface area (Å²) in [7, 11) is 0. The Morgan fingerprint density at radius 1 is 1.06 bits per heavy atom. The van der Waals surface area contributed by atoms with Gasteiger partial charge in [-0.3, -0.25) is 9.59 Å². The fraction of sp³-hybridized carbons (Fsp3) is 0.640. The summed E-state index contributed by atoms with van der Waals surface area (Å²) in [6.45, 7) is 8.31. The Hall–Kier alpha value is -2.85. The van der Waals surface area contributed by atoms with Crippen LogP contribution in [0.25, 0.3) is 0 Å². The summed E-state index contributed by atoms with van der Waals surface area (Å²) in [6, 6.07) is -0.164. The predicted molar refractivity (Wildman–Crippen MR) is 123 cm³/mol. The van der Waals surface area contributed by atoms with Crippen LogP contribution >= 0.6 is 0 Å². The van der Waals surface area contributed by atoms with Crippen LogP contribution < -0.4 is 5.32 Å². The molecule has 3 atom stereocenters. The van der Waals surface area contributed by atoms with Crippen molar-refractivity contribution >= 4 is 17.9 Å². The molecule has 0 radical (unpaired) electrons. The number of carbonyl (C=O) groups is 3. The summed E-state index contributed by atoms with van der Waals surface area (Å²) < 4.78 is 60.9. The van der Waals surface area contributed by atoms with Gasteiger partial charge in [-0.2, -0.15) is 0 Å². The minimum absolute atomic E-state index is 0.00107. The van der Waals surface area contributed by atoms with Crippen molar-refractivity contribution in [2.75, 3.05) is 19.6 Å². The van der Waals surface area contributed by atoms with E-state index in [2.05, 4.69) is 5.32 Å². The van der Waals surface area contributed by atoms with Crippen molar-refractivity contribution in [3.05, 3.63) is 35.1 Å². The van der Waals surface area contributed by atoms with Crippen molar-refractivity contribution in [2.45, 2.75) is 77.2 Å². The van der Waals surface area contributed by atoms with Gasteiger partial charge in [0.25, 0.3) is 5.91 Å². The van der Waals surface area contributed by atoms with E-state index in [0.29, 0.717) is 31.6 Å². The lowest BCUT2D eigenvalue weighted by molar-refractivity contribution is -0.142. The van der Waals surface area contributed by atoms with Crippen LogP contribution in [0.1, 0.15) is 53.0 Å². The Balaban J connectivity index is 1.74. The number of benzene rings is 1. The van der Waals surface area contributed by atoms with Crippen LogP contribution in [0.5, 0.6) is 0 Å². The third kappa shape index (κ3) is 6.67. The van der Waals surface area contributed by atoms with E-state index in [9.17, 15) is 31.9 Å². The molecule has 3 amide bonds. The van der Waals surface area contributed by atoms with Crippen LogP contribution in [0.3, 0.4) is 0 Å². The average molecular weight is 516 g/mol. The fourth-order valence-electron chi connectivity index (χ4n) is 4.78. The van der Waals surface area contributed by atoms with Crippen LogP contribution in [0.2, 0.25) is 0 Å². The lowest BCUT2D eigenvalue weighted by atomic mass is 10.0. The molecule has 0 unspecified atom stereocenters. The van der Waals surface area contributed by atoms with Crippen LogP contribution in [0, 0.1) is 23.4 Å². The number of carbonyl (C=O) groups excluding carboxylic acids is 3. The van der Waals surface area contributed by atoms with Gasteiger partial charge in [0, 0.05) is 44.1 Å². The molecule has 200 valence electrons. The van der Waals surface area contributed by atoms with E-state index in [-0.39, 0.29) is 42.8 Å². The van der Waals surface area contributed by atoms with Gasteiger partial charge < -0.3 is 19.9 Å². The molecular formula is C25H33F4N3O4. The number of alkyl carbamates (subject to hydrolysis) is 1. The van der Waals surface area contributed by atoms with Crippen LogP contribution in [-0.2, 0) is 20.7 Å². The van der Waals surface area contributed by atoms with E-state index >= 15 is 0 Å². The zero-order valence-corrected chi connectivity index (χ0v) is 21.2. The molecule has 0 aliphatic carbocycles. The second-order valence-corrected chi connectivity index (χ2v) is 11.0. The number of rotatable bonds is 6. The number of alkyl halides is 1. The number of ether oxygens (including phenoxy) is 1. The fourth-order valence-corrected chi connectivity index (χ4v) is 4.78. The normalized spacial score (nSPS) is 20.8. The highest BCUT2D eigenvalue weighted by molar-refractivity contribution is 5.85. The zero-order chi connectivity index (χ0) is 27.0. The molecule has 11 heteroatoms. The monoisotopic (exact) mass is 515 g/mol. The molecule has 0 bridgehead atoms. The lowest BCUT2D eigenvalue weighted by Crippen LogP contribution is -2.47. The number of nitrogens with one attached hydrogen (secondary N) is 1. The van der Waals surface area contributed by atoms with Gasteiger partial charge in [0.05, 0.1) is 6.04 Å². The standard InChI is InChI=1S/C25H33F4N3O4/c1-24(2,3)36-23(35)30-16(8-15-9-18(27)19(28)11-17(15)26)10-21(33)32-7-6-14-12-31(13-20(14)32)22(34)25(4,5)29/h9,11,14,16,20H,6-8,10,12-13H2,1-5H3,(H,30,35)/t14-,16+,20+/m0/s1. The largest absolute Gasteiger partial charge is 0.444 e. The van der Waals surface area contributed by atoms with E-state index in [0.717, 1.165) is 0 Å². The summed E-state index contributed by atoms with van der Waals surface area (Å²) in [6.07, 6.45) is -0.750. The van der Waals surface area contributed by atoms with Crippen molar-refractivity contribution in [1.82, 2.24) is 15.1 Å². The Labute approximate surface area is 208 Å². The zero-order valence-electron chi connectivity index (χ0n) is 21.2. The van der Waals surface area contributed by atoms with Gasteiger partial charge in [0.2, 0.25) is 5.91 Å². The van der Waals surface area contributed by atoms with Gasteiger partial charge in [0.1, 0.15) is 11.4 Å². The van der Waals surface area contributed by atoms with Crippen molar-refractivity contribution < 1.29 is 36.7 Å². The smallest absolute Gasteiger partial charge is 0.407 e. The van der Waals surface area contributed by atoms with Gasteiger partial charge in [-0.25, -0.2) is 22.4 Å². The molecule has 7 nitrogen and oxygen atoms in total. The molecule has 2 fully saturated rings. The maximum Gasteiger partial charge on any atom is 0.407 e. The highest BCUT2D eigenvalue weighted by Gasteiger charge is 2.47. The van der Waals surface area contributed by atoms with Crippen molar-refractivity contribution in [2.24, 2.45) is 5.92 Å². The van der Waals surface area contributed by atoms with Crippen molar-refractivity contribution in [1.29, 1.82) is 0 Å². The third-order valence-electron chi connectivity index (χ3n) is 6.36. The van der Waals surface area contributed by atoms with E-state index in [4.69, 9.17) is 4.74 Å². The second-order valence-electron chi connectivity index (χ2n) is 11.0. The van der Waals surface area contributed by atoms with E-state index in [1.54, 1.807) is 25.7 Å². The van der Waals surface area contributed by atoms with Gasteiger partial charge in [-0.1, -0.05) is 0 Å². The highest BCUT2D eigenvalue weighted by Crippen LogP contribution is 2.33. The average Bonchev–Trinajstić information content (AvgIpc) is 3.29. The molecule has 0 aromatic heterocycles. The molecule has 2 aliphatic rings. The SMILES string of the molecule is CC(C)(C)OC(=O)N[C@@H](CC(=O)N1CC[C@H]2CN(C(=O)C(C)(C)F)C[C@H]21)Cc1cc(F)c(F)cc1F. The first-order chi connectivity index (χ1) is 16.5. The molecule has 1 aromatic carbocycles. The summed E-state index contributed by atoms with van der Waals surface area (Å²) in [5, 5.41) is 2.54. The molecule has 3 rings (SSSR count). The number of likely N-dealkylation sites (tertiary alicyclic amines) is 2. The molecule has 36 heavy (non-hydrogen) atoms. The molecule has 1 aromatic rings. The maximum atomic E-state index is 14.3. The molecule has 2 aliphatic heterocycles. The summed E-state index contributed by atoms with van der Waals surface area (Å²) >= 11 is 0. The Morgan fingerprint density at radius 2 is 1.69 bits per heavy atom. The van der Waals surface area contributed by atoms with Crippen molar-refractivity contribution in [3.8, 4) is 0 Å². The van der Waals surface area contributed by atoms with Gasteiger partial charge in [-0.15, -0.1) is 0 Å². The quantitative estimate of drug-likeness (QED) is 0.463. The molecule has 2 saturated heterocycles. The second kappa shape index (κ2) is 10.3.